The van der Waals surface area contributed by atoms with Crippen LogP contribution in [-0.4, -0.2) is 11.6 Å². The van der Waals surface area contributed by atoms with Gasteiger partial charge in [0, 0.05) is 6.42 Å². The predicted molar refractivity (Wildman–Crippen MR) is 60.7 cm³/mol. The molecule has 0 amide bonds. The number of rotatable bonds is 0. The van der Waals surface area contributed by atoms with E-state index in [1.54, 1.807) is 0 Å². The Bertz CT molecular complexity index is 241. The summed E-state index contributed by atoms with van der Waals surface area (Å²) in [5.74, 6) is -0.528. The molecule has 15 heavy (non-hydrogen) atoms. The first kappa shape index (κ1) is 12.2. The molecule has 0 N–H and O–H groups in total. The van der Waals surface area contributed by atoms with Crippen molar-refractivity contribution in [1.82, 2.24) is 0 Å². The lowest BCUT2D eigenvalue weighted by molar-refractivity contribution is -0.133. The van der Waals surface area contributed by atoms with Crippen molar-refractivity contribution in [2.24, 2.45) is 0 Å². The van der Waals surface area contributed by atoms with E-state index >= 15 is 0 Å². The Kier molecular flexibility index (Phi) is 5.98. The highest BCUT2D eigenvalue weighted by molar-refractivity contribution is 6.41. The zero-order valence-corrected chi connectivity index (χ0v) is 9.34. The third-order valence-electron chi connectivity index (χ3n) is 2.82. The van der Waals surface area contributed by atoms with E-state index in [4.69, 9.17) is 0 Å². The van der Waals surface area contributed by atoms with E-state index in [0.29, 0.717) is 6.42 Å². The van der Waals surface area contributed by atoms with Crippen LogP contribution in [0, 0.1) is 0 Å². The van der Waals surface area contributed by atoms with Crippen LogP contribution in [0.2, 0.25) is 0 Å². The predicted octanol–water partition coefficient (Wildman–Crippen LogP) is 3.21. The van der Waals surface area contributed by atoms with Gasteiger partial charge < -0.3 is 0 Å². The highest BCUT2D eigenvalue weighted by Crippen LogP contribution is 2.11. The summed E-state index contributed by atoms with van der Waals surface area (Å²) in [6, 6.07) is 0. The van der Waals surface area contributed by atoms with Crippen LogP contribution in [0.5, 0.6) is 0 Å². The van der Waals surface area contributed by atoms with Crippen LogP contribution in [0.25, 0.3) is 0 Å². The number of hydrogen-bond donors (Lipinski definition) is 0. The number of allylic oxidation sites excluding steroid dienone is 2. The molecule has 0 atom stereocenters. The molecule has 2 nitrogen and oxygen atoms in total. The first-order chi connectivity index (χ1) is 7.30. The summed E-state index contributed by atoms with van der Waals surface area (Å²) in [6.45, 7) is 0. The molecule has 0 saturated carbocycles. The Labute approximate surface area is 91.7 Å². The van der Waals surface area contributed by atoms with E-state index in [9.17, 15) is 9.59 Å². The highest BCUT2D eigenvalue weighted by Gasteiger charge is 2.09. The fourth-order valence-corrected chi connectivity index (χ4v) is 1.84. The largest absolute Gasteiger partial charge is 0.291 e. The van der Waals surface area contributed by atoms with Gasteiger partial charge in [0.15, 0.2) is 0 Å². The Balaban J connectivity index is 2.40. The molecule has 0 aromatic rings. The molecule has 0 aromatic heterocycles. The third kappa shape index (κ3) is 5.50. The van der Waals surface area contributed by atoms with Crippen molar-refractivity contribution < 1.29 is 9.59 Å². The number of Topliss-reactive ketones (excluding diaryl/α,β-unsaturated/α-hetero) is 1. The van der Waals surface area contributed by atoms with Crippen molar-refractivity contribution in [3.05, 3.63) is 12.2 Å². The van der Waals surface area contributed by atoms with Gasteiger partial charge in [-0.25, -0.2) is 0 Å². The second-order valence-corrected chi connectivity index (χ2v) is 4.20. The molecular formula is C13H20O2. The quantitative estimate of drug-likeness (QED) is 0.573. The van der Waals surface area contributed by atoms with E-state index in [2.05, 4.69) is 0 Å². The molecule has 0 heterocycles. The molecule has 1 aliphatic carbocycles. The van der Waals surface area contributed by atoms with Crippen molar-refractivity contribution >= 4 is 11.6 Å². The van der Waals surface area contributed by atoms with Crippen molar-refractivity contribution in [3.8, 4) is 0 Å². The standard InChI is InChI=1S/C13H20O2/c14-12-10-8-6-4-2-1-3-5-7-9-11-13(12)15/h8,10H,1-7,9,11H2/b10-8-. The minimum absolute atomic E-state index is 0.217. The van der Waals surface area contributed by atoms with Crippen molar-refractivity contribution in [2.45, 2.75) is 57.8 Å². The number of carbonyl (C=O) groups is 2. The smallest absolute Gasteiger partial charge is 0.221 e. The first-order valence-electron chi connectivity index (χ1n) is 6.04. The van der Waals surface area contributed by atoms with E-state index < -0.39 is 0 Å². The number of ketones is 2. The number of carbonyl (C=O) groups excluding carboxylic acids is 2. The molecule has 1 rings (SSSR count). The lowest BCUT2D eigenvalue weighted by Gasteiger charge is -1.99. The summed E-state index contributed by atoms with van der Waals surface area (Å²) in [7, 11) is 0. The second kappa shape index (κ2) is 7.38. The maximum absolute atomic E-state index is 11.3. The molecule has 1 aliphatic rings. The van der Waals surface area contributed by atoms with Crippen LogP contribution in [-0.2, 0) is 9.59 Å². The Morgan fingerprint density at radius 2 is 1.40 bits per heavy atom. The molecule has 0 saturated heterocycles. The summed E-state index contributed by atoms with van der Waals surface area (Å²) < 4.78 is 0. The monoisotopic (exact) mass is 208 g/mol. The van der Waals surface area contributed by atoms with Gasteiger partial charge in [-0.2, -0.15) is 0 Å². The van der Waals surface area contributed by atoms with Gasteiger partial charge in [-0.05, 0) is 25.3 Å². The van der Waals surface area contributed by atoms with Crippen molar-refractivity contribution in [2.75, 3.05) is 0 Å². The van der Waals surface area contributed by atoms with Gasteiger partial charge in [0.25, 0.3) is 0 Å². The van der Waals surface area contributed by atoms with Crippen LogP contribution in [0.4, 0.5) is 0 Å². The van der Waals surface area contributed by atoms with E-state index in [-0.39, 0.29) is 11.6 Å². The number of hydrogen-bond acceptors (Lipinski definition) is 2. The van der Waals surface area contributed by atoms with Crippen molar-refractivity contribution in [1.29, 1.82) is 0 Å². The van der Waals surface area contributed by atoms with Gasteiger partial charge >= 0.3 is 0 Å². The molecule has 0 spiro atoms. The summed E-state index contributed by atoms with van der Waals surface area (Å²) in [6.07, 6.45) is 12.8. The SMILES string of the molecule is O=C1/C=C\CCCCCCCCCC1=O. The molecule has 0 unspecified atom stereocenters. The van der Waals surface area contributed by atoms with E-state index in [1.165, 1.54) is 31.8 Å². The summed E-state index contributed by atoms with van der Waals surface area (Å²) >= 11 is 0. The molecular weight excluding hydrogens is 188 g/mol. The molecule has 0 radical (unpaired) electrons. The molecule has 0 fully saturated rings. The normalized spacial score (nSPS) is 23.7. The Morgan fingerprint density at radius 3 is 2.13 bits per heavy atom. The van der Waals surface area contributed by atoms with Gasteiger partial charge in [0.05, 0.1) is 0 Å². The van der Waals surface area contributed by atoms with Gasteiger partial charge in [0.1, 0.15) is 0 Å². The molecule has 0 aliphatic heterocycles. The molecule has 0 bridgehead atoms. The summed E-state index contributed by atoms with van der Waals surface area (Å²) in [5, 5.41) is 0. The lowest BCUT2D eigenvalue weighted by Crippen LogP contribution is -2.10. The van der Waals surface area contributed by atoms with Gasteiger partial charge in [-0.3, -0.25) is 9.59 Å². The highest BCUT2D eigenvalue weighted by atomic mass is 16.2. The van der Waals surface area contributed by atoms with Crippen LogP contribution >= 0.6 is 0 Å². The second-order valence-electron chi connectivity index (χ2n) is 4.20. The summed E-state index contributed by atoms with van der Waals surface area (Å²) in [5.41, 5.74) is 0. The van der Waals surface area contributed by atoms with Crippen LogP contribution < -0.4 is 0 Å². The lowest BCUT2D eigenvalue weighted by atomic mass is 10.1. The Hall–Kier alpha value is -0.920. The van der Waals surface area contributed by atoms with E-state index in [0.717, 1.165) is 25.7 Å². The van der Waals surface area contributed by atoms with Gasteiger partial charge in [-0.15, -0.1) is 0 Å². The zero-order valence-electron chi connectivity index (χ0n) is 9.34. The average Bonchev–Trinajstić information content (AvgIpc) is 2.25. The van der Waals surface area contributed by atoms with Crippen LogP contribution in [0.15, 0.2) is 12.2 Å². The van der Waals surface area contributed by atoms with Gasteiger partial charge in [-0.1, -0.05) is 38.2 Å². The maximum atomic E-state index is 11.3. The van der Waals surface area contributed by atoms with E-state index in [1.807, 2.05) is 6.08 Å². The maximum Gasteiger partial charge on any atom is 0.221 e. The molecule has 0 aromatic carbocycles. The molecule has 84 valence electrons. The average molecular weight is 208 g/mol. The molecule has 2 heteroatoms. The van der Waals surface area contributed by atoms with Crippen LogP contribution in [0.3, 0.4) is 0 Å². The first-order valence-corrected chi connectivity index (χ1v) is 6.04. The van der Waals surface area contributed by atoms with Crippen molar-refractivity contribution in [3.63, 3.8) is 0 Å². The third-order valence-corrected chi connectivity index (χ3v) is 2.82. The zero-order chi connectivity index (χ0) is 10.9. The topological polar surface area (TPSA) is 34.1 Å². The fourth-order valence-electron chi connectivity index (χ4n) is 1.84. The van der Waals surface area contributed by atoms with Gasteiger partial charge in [0.2, 0.25) is 11.6 Å². The Morgan fingerprint density at radius 1 is 0.800 bits per heavy atom. The van der Waals surface area contributed by atoms with Crippen LogP contribution in [0.1, 0.15) is 57.8 Å². The fraction of sp³-hybridized carbons (Fsp3) is 0.692. The minimum atomic E-state index is -0.311. The minimum Gasteiger partial charge on any atom is -0.291 e. The summed E-state index contributed by atoms with van der Waals surface area (Å²) in [4.78, 5) is 22.6.